The number of carbonyl (C=O) groups excluding carboxylic acids is 1. The van der Waals surface area contributed by atoms with Gasteiger partial charge in [-0.1, -0.05) is 19.9 Å². The zero-order valence-electron chi connectivity index (χ0n) is 10.4. The zero-order valence-corrected chi connectivity index (χ0v) is 10.4. The summed E-state index contributed by atoms with van der Waals surface area (Å²) in [6, 6.07) is 7.23. The van der Waals surface area contributed by atoms with Crippen LogP contribution in [0.1, 0.15) is 20.3 Å². The Hall–Kier alpha value is -2.08. The Balaban J connectivity index is 2.07. The van der Waals surface area contributed by atoms with E-state index in [0.717, 1.165) is 12.1 Å². The summed E-state index contributed by atoms with van der Waals surface area (Å²) in [7, 11) is 0. The summed E-state index contributed by atoms with van der Waals surface area (Å²) in [6.07, 6.45) is 2.36. The van der Waals surface area contributed by atoms with Crippen molar-refractivity contribution in [2.45, 2.75) is 20.3 Å². The molecule has 18 heavy (non-hydrogen) atoms. The smallest absolute Gasteiger partial charge is 0.314 e. The van der Waals surface area contributed by atoms with Crippen molar-refractivity contribution in [2.24, 2.45) is 11.0 Å². The summed E-state index contributed by atoms with van der Waals surface area (Å²) in [5.41, 5.74) is 6.24. The van der Waals surface area contributed by atoms with Gasteiger partial charge in [-0.3, -0.25) is 4.79 Å². The first-order valence-electron chi connectivity index (χ1n) is 5.85. The van der Waals surface area contributed by atoms with Gasteiger partial charge in [-0.15, -0.1) is 5.53 Å². The van der Waals surface area contributed by atoms with Crippen molar-refractivity contribution < 1.29 is 9.53 Å². The van der Waals surface area contributed by atoms with Crippen molar-refractivity contribution in [3.8, 4) is 5.75 Å². The standard InChI is InChI=1S/C12H16N4O2/c1-3-9(2)12(17)18-11-6-4-5-10(7-11)16-8-13-14-15-16/h4-9,14-15H,3H2,1-2H3. The number of nitrogens with one attached hydrogen (secondary N) is 2. The molecule has 0 aliphatic carbocycles. The van der Waals surface area contributed by atoms with Crippen LogP contribution < -0.4 is 20.8 Å². The predicted molar refractivity (Wildman–Crippen MR) is 68.8 cm³/mol. The molecule has 1 aromatic carbocycles. The Morgan fingerprint density at radius 1 is 1.56 bits per heavy atom. The molecule has 0 aromatic heterocycles. The number of hydrogen-bond donors (Lipinski definition) is 2. The molecule has 2 N–H and O–H groups in total. The SMILES string of the molecule is CCC(C)C(=O)Oc1cccc(N2C=NNN2)c1. The lowest BCUT2D eigenvalue weighted by Gasteiger charge is -2.15. The summed E-state index contributed by atoms with van der Waals surface area (Å²) in [5, 5.41) is 5.49. The van der Waals surface area contributed by atoms with Gasteiger partial charge in [0.1, 0.15) is 12.1 Å². The average Bonchev–Trinajstić information content (AvgIpc) is 2.92. The van der Waals surface area contributed by atoms with Gasteiger partial charge in [0.05, 0.1) is 11.6 Å². The van der Waals surface area contributed by atoms with Gasteiger partial charge >= 0.3 is 5.97 Å². The van der Waals surface area contributed by atoms with Crippen LogP contribution in [0.15, 0.2) is 29.4 Å². The van der Waals surface area contributed by atoms with Crippen LogP contribution in [0.3, 0.4) is 0 Å². The molecule has 1 heterocycles. The van der Waals surface area contributed by atoms with Crippen molar-refractivity contribution >= 4 is 18.0 Å². The van der Waals surface area contributed by atoms with Gasteiger partial charge in [0.25, 0.3) is 0 Å². The number of hydrazone groups is 1. The maximum Gasteiger partial charge on any atom is 0.314 e. The summed E-state index contributed by atoms with van der Waals surface area (Å²) >= 11 is 0. The third-order valence-electron chi connectivity index (χ3n) is 2.74. The second-order valence-electron chi connectivity index (χ2n) is 4.07. The van der Waals surface area contributed by atoms with Crippen molar-refractivity contribution in [1.82, 2.24) is 11.1 Å². The first kappa shape index (κ1) is 12.4. The molecule has 0 fully saturated rings. The fraction of sp³-hybridized carbons (Fsp3) is 0.333. The van der Waals surface area contributed by atoms with E-state index in [1.807, 2.05) is 26.0 Å². The number of benzene rings is 1. The van der Waals surface area contributed by atoms with Gasteiger partial charge in [0, 0.05) is 6.07 Å². The van der Waals surface area contributed by atoms with Crippen molar-refractivity contribution in [2.75, 3.05) is 5.01 Å². The molecule has 2 rings (SSSR count). The van der Waals surface area contributed by atoms with Crippen molar-refractivity contribution in [1.29, 1.82) is 0 Å². The van der Waals surface area contributed by atoms with Crippen LogP contribution in [0.2, 0.25) is 0 Å². The van der Waals surface area contributed by atoms with E-state index in [0.29, 0.717) is 5.75 Å². The molecule has 0 bridgehead atoms. The summed E-state index contributed by atoms with van der Waals surface area (Å²) < 4.78 is 5.31. The fourth-order valence-electron chi connectivity index (χ4n) is 1.41. The van der Waals surface area contributed by atoms with Gasteiger partial charge in [-0.25, -0.2) is 10.5 Å². The van der Waals surface area contributed by atoms with Gasteiger partial charge in [0.15, 0.2) is 0 Å². The molecule has 0 radical (unpaired) electrons. The Morgan fingerprint density at radius 3 is 3.06 bits per heavy atom. The zero-order chi connectivity index (χ0) is 13.0. The van der Waals surface area contributed by atoms with E-state index < -0.39 is 0 Å². The van der Waals surface area contributed by atoms with Crippen LogP contribution >= 0.6 is 0 Å². The number of ether oxygens (including phenoxy) is 1. The van der Waals surface area contributed by atoms with E-state index in [4.69, 9.17) is 4.74 Å². The van der Waals surface area contributed by atoms with Crippen LogP contribution in [0.4, 0.5) is 5.69 Å². The number of rotatable bonds is 4. The largest absolute Gasteiger partial charge is 0.426 e. The lowest BCUT2D eigenvalue weighted by molar-refractivity contribution is -0.138. The molecule has 0 saturated heterocycles. The molecular weight excluding hydrogens is 232 g/mol. The molecule has 96 valence electrons. The molecule has 0 amide bonds. The number of hydrogen-bond acceptors (Lipinski definition) is 6. The van der Waals surface area contributed by atoms with Gasteiger partial charge in [-0.05, 0) is 18.6 Å². The molecule has 1 aliphatic rings. The molecule has 1 aliphatic heterocycles. The maximum absolute atomic E-state index is 11.7. The first-order valence-corrected chi connectivity index (χ1v) is 5.85. The van der Waals surface area contributed by atoms with Crippen LogP contribution in [-0.2, 0) is 4.79 Å². The molecule has 1 aromatic rings. The highest BCUT2D eigenvalue weighted by Crippen LogP contribution is 2.21. The second-order valence-corrected chi connectivity index (χ2v) is 4.07. The monoisotopic (exact) mass is 248 g/mol. The first-order chi connectivity index (χ1) is 8.70. The van der Waals surface area contributed by atoms with Crippen LogP contribution in [-0.4, -0.2) is 12.3 Å². The minimum atomic E-state index is -0.212. The highest BCUT2D eigenvalue weighted by molar-refractivity contribution is 5.80. The molecule has 1 unspecified atom stereocenters. The Bertz CT molecular complexity index is 461. The number of carbonyl (C=O) groups is 1. The Labute approximate surface area is 106 Å². The molecule has 0 spiro atoms. The normalized spacial score (nSPS) is 15.3. The van der Waals surface area contributed by atoms with E-state index in [9.17, 15) is 4.79 Å². The van der Waals surface area contributed by atoms with Gasteiger partial charge < -0.3 is 4.74 Å². The van der Waals surface area contributed by atoms with Gasteiger partial charge in [0.2, 0.25) is 0 Å². The van der Waals surface area contributed by atoms with E-state index >= 15 is 0 Å². The third-order valence-corrected chi connectivity index (χ3v) is 2.74. The number of anilines is 1. The fourth-order valence-corrected chi connectivity index (χ4v) is 1.41. The number of nitrogens with zero attached hydrogens (tertiary/aromatic N) is 2. The van der Waals surface area contributed by atoms with Gasteiger partial charge in [-0.2, -0.15) is 5.10 Å². The molecular formula is C12H16N4O2. The molecule has 1 atom stereocenters. The van der Waals surface area contributed by atoms with E-state index in [2.05, 4.69) is 16.2 Å². The minimum absolute atomic E-state index is 0.0956. The topological polar surface area (TPSA) is 66.0 Å². The third kappa shape index (κ3) is 2.78. The lowest BCUT2D eigenvalue weighted by atomic mass is 10.1. The maximum atomic E-state index is 11.7. The van der Waals surface area contributed by atoms with E-state index in [-0.39, 0.29) is 11.9 Å². The van der Waals surface area contributed by atoms with Crippen molar-refractivity contribution in [3.63, 3.8) is 0 Å². The Morgan fingerprint density at radius 2 is 2.39 bits per heavy atom. The molecule has 6 nitrogen and oxygen atoms in total. The van der Waals surface area contributed by atoms with E-state index in [1.54, 1.807) is 23.5 Å². The summed E-state index contributed by atoms with van der Waals surface area (Å²) in [6.45, 7) is 3.81. The van der Waals surface area contributed by atoms with Crippen LogP contribution in [0.25, 0.3) is 0 Å². The van der Waals surface area contributed by atoms with E-state index in [1.165, 1.54) is 0 Å². The molecule has 6 heteroatoms. The predicted octanol–water partition coefficient (Wildman–Crippen LogP) is 1.41. The second kappa shape index (κ2) is 5.50. The van der Waals surface area contributed by atoms with Crippen molar-refractivity contribution in [3.05, 3.63) is 24.3 Å². The Kier molecular flexibility index (Phi) is 3.78. The highest BCUT2D eigenvalue weighted by Gasteiger charge is 2.14. The number of esters is 1. The molecule has 0 saturated carbocycles. The summed E-state index contributed by atoms with van der Waals surface area (Å²) in [4.78, 5) is 11.7. The average molecular weight is 248 g/mol. The minimum Gasteiger partial charge on any atom is -0.426 e. The number of hydrazine groups is 2. The lowest BCUT2D eigenvalue weighted by Crippen LogP contribution is -2.37. The quantitative estimate of drug-likeness (QED) is 0.623. The van der Waals surface area contributed by atoms with Crippen LogP contribution in [0.5, 0.6) is 5.75 Å². The van der Waals surface area contributed by atoms with Crippen LogP contribution in [0, 0.1) is 5.92 Å². The summed E-state index contributed by atoms with van der Waals surface area (Å²) in [5.74, 6) is 0.220. The highest BCUT2D eigenvalue weighted by atomic mass is 16.5.